The van der Waals surface area contributed by atoms with Gasteiger partial charge >= 0.3 is 0 Å². The lowest BCUT2D eigenvalue weighted by molar-refractivity contribution is 0.653. The smallest absolute Gasteiger partial charge is 0.0991 e. The first kappa shape index (κ1) is 13.9. The van der Waals surface area contributed by atoms with E-state index in [4.69, 9.17) is 0 Å². The number of anilines is 2. The second kappa shape index (κ2) is 6.16. The van der Waals surface area contributed by atoms with Crippen molar-refractivity contribution in [1.82, 2.24) is 9.55 Å². The first-order valence-corrected chi connectivity index (χ1v) is 7.94. The minimum absolute atomic E-state index is 1.04. The number of nitrogens with zero attached hydrogens (tertiary/aromatic N) is 4. The van der Waals surface area contributed by atoms with Gasteiger partial charge in [0.05, 0.1) is 6.33 Å². The molecule has 3 aromatic rings. The second-order valence-corrected chi connectivity index (χ2v) is 5.72. The average Bonchev–Trinajstić information content (AvgIpc) is 3.18. The first-order valence-electron chi connectivity index (χ1n) is 7.94. The molecule has 1 saturated heterocycles. The summed E-state index contributed by atoms with van der Waals surface area (Å²) in [5, 5.41) is 0. The fourth-order valence-electron chi connectivity index (χ4n) is 3.06. The molecule has 1 aliphatic rings. The van der Waals surface area contributed by atoms with Gasteiger partial charge in [0, 0.05) is 55.6 Å². The van der Waals surface area contributed by atoms with Gasteiger partial charge in [0.25, 0.3) is 0 Å². The third-order valence-electron chi connectivity index (χ3n) is 4.36. The van der Waals surface area contributed by atoms with Crippen LogP contribution >= 0.6 is 0 Å². The van der Waals surface area contributed by atoms with Crippen molar-refractivity contribution in [3.05, 3.63) is 73.3 Å². The van der Waals surface area contributed by atoms with Crippen LogP contribution in [0.25, 0.3) is 5.69 Å². The van der Waals surface area contributed by atoms with E-state index in [1.165, 1.54) is 11.4 Å². The van der Waals surface area contributed by atoms with E-state index in [1.54, 1.807) is 6.20 Å². The lowest BCUT2D eigenvalue weighted by atomic mass is 10.2. The maximum Gasteiger partial charge on any atom is 0.0991 e. The average molecular weight is 303 g/mol. The fraction of sp³-hybridized carbons (Fsp3) is 0.211. The van der Waals surface area contributed by atoms with Gasteiger partial charge in [-0.3, -0.25) is 0 Å². The molecule has 4 rings (SSSR count). The summed E-state index contributed by atoms with van der Waals surface area (Å²) in [6.45, 7) is 4.19. The van der Waals surface area contributed by atoms with Crippen LogP contribution in [-0.4, -0.2) is 35.7 Å². The van der Waals surface area contributed by atoms with Crippen molar-refractivity contribution in [2.75, 3.05) is 36.0 Å². The van der Waals surface area contributed by atoms with Gasteiger partial charge < -0.3 is 14.4 Å². The van der Waals surface area contributed by atoms with Crippen LogP contribution < -0.4 is 9.80 Å². The molecule has 0 saturated carbocycles. The number of aromatic nitrogens is 2. The highest BCUT2D eigenvalue weighted by molar-refractivity contribution is 5.53. The van der Waals surface area contributed by atoms with Crippen LogP contribution in [0.3, 0.4) is 0 Å². The van der Waals surface area contributed by atoms with E-state index in [1.807, 2.05) is 29.2 Å². The Kier molecular flexibility index (Phi) is 3.72. The predicted octanol–water partition coefficient (Wildman–Crippen LogP) is 3.00. The van der Waals surface area contributed by atoms with Gasteiger partial charge in [0.2, 0.25) is 0 Å². The van der Waals surface area contributed by atoms with Crippen LogP contribution in [0.5, 0.6) is 0 Å². The standard InChI is InChI=1S/C19H19N4/c1-2-4-17(5-3-1)21-12-14-22(15-13-21)18-6-8-19(9-7-18)23-11-10-20-16-23/h2-11,16H,12-15H2. The predicted molar refractivity (Wildman–Crippen MR) is 93.3 cm³/mol. The molecule has 4 nitrogen and oxygen atoms in total. The maximum absolute atomic E-state index is 4.09. The molecule has 0 atom stereocenters. The molecule has 1 radical (unpaired) electrons. The molecule has 1 fully saturated rings. The SMILES string of the molecule is [c]1ccc(N2CCN(c3ccc(-n4ccnc4)cc3)CC2)cc1. The van der Waals surface area contributed by atoms with Crippen molar-refractivity contribution in [2.45, 2.75) is 0 Å². The number of rotatable bonds is 3. The summed E-state index contributed by atoms with van der Waals surface area (Å²) in [6.07, 6.45) is 5.59. The highest BCUT2D eigenvalue weighted by Gasteiger charge is 2.17. The molecule has 0 bridgehead atoms. The molecule has 4 heteroatoms. The monoisotopic (exact) mass is 303 g/mol. The summed E-state index contributed by atoms with van der Waals surface area (Å²) >= 11 is 0. The summed E-state index contributed by atoms with van der Waals surface area (Å²) in [5.41, 5.74) is 3.72. The molecule has 0 unspecified atom stereocenters. The summed E-state index contributed by atoms with van der Waals surface area (Å²) in [7, 11) is 0. The molecule has 0 N–H and O–H groups in total. The molecular weight excluding hydrogens is 284 g/mol. The third kappa shape index (κ3) is 2.93. The Balaban J connectivity index is 1.42. The Morgan fingerprint density at radius 2 is 1.30 bits per heavy atom. The minimum Gasteiger partial charge on any atom is -0.368 e. The quantitative estimate of drug-likeness (QED) is 0.743. The van der Waals surface area contributed by atoms with Crippen LogP contribution in [0.4, 0.5) is 11.4 Å². The van der Waals surface area contributed by atoms with Crippen LogP contribution in [0, 0.1) is 6.07 Å². The number of hydrogen-bond acceptors (Lipinski definition) is 3. The summed E-state index contributed by atoms with van der Waals surface area (Å²) in [6, 6.07) is 20.0. The zero-order valence-corrected chi connectivity index (χ0v) is 13.0. The third-order valence-corrected chi connectivity index (χ3v) is 4.36. The van der Waals surface area contributed by atoms with Gasteiger partial charge in [0.15, 0.2) is 0 Å². The molecule has 2 aromatic carbocycles. The van der Waals surface area contributed by atoms with Crippen molar-refractivity contribution in [3.63, 3.8) is 0 Å². The van der Waals surface area contributed by atoms with E-state index in [0.29, 0.717) is 0 Å². The van der Waals surface area contributed by atoms with E-state index in [9.17, 15) is 0 Å². The fourth-order valence-corrected chi connectivity index (χ4v) is 3.06. The second-order valence-electron chi connectivity index (χ2n) is 5.72. The molecule has 1 aromatic heterocycles. The van der Waals surface area contributed by atoms with Gasteiger partial charge in [-0.05, 0) is 42.5 Å². The first-order chi connectivity index (χ1) is 11.4. The summed E-state index contributed by atoms with van der Waals surface area (Å²) in [5.74, 6) is 0. The normalized spacial score (nSPS) is 15.0. The highest BCUT2D eigenvalue weighted by atomic mass is 15.3. The summed E-state index contributed by atoms with van der Waals surface area (Å²) < 4.78 is 2.02. The lowest BCUT2D eigenvalue weighted by Gasteiger charge is -2.37. The topological polar surface area (TPSA) is 24.3 Å². The largest absolute Gasteiger partial charge is 0.368 e. The Hall–Kier alpha value is -2.75. The van der Waals surface area contributed by atoms with Gasteiger partial charge in [-0.15, -0.1) is 0 Å². The van der Waals surface area contributed by atoms with Crippen LogP contribution in [-0.2, 0) is 0 Å². The maximum atomic E-state index is 4.09. The van der Waals surface area contributed by atoms with Crippen molar-refractivity contribution < 1.29 is 0 Å². The molecule has 2 heterocycles. The number of imidazole rings is 1. The molecular formula is C19H19N4. The van der Waals surface area contributed by atoms with Crippen molar-refractivity contribution in [3.8, 4) is 5.69 Å². The number of hydrogen-bond donors (Lipinski definition) is 0. The van der Waals surface area contributed by atoms with Crippen LogP contribution in [0.1, 0.15) is 0 Å². The minimum atomic E-state index is 1.04. The Morgan fingerprint density at radius 3 is 1.87 bits per heavy atom. The van der Waals surface area contributed by atoms with E-state index < -0.39 is 0 Å². The highest BCUT2D eigenvalue weighted by Crippen LogP contribution is 2.21. The lowest BCUT2D eigenvalue weighted by Crippen LogP contribution is -2.46. The number of benzene rings is 2. The van der Waals surface area contributed by atoms with E-state index in [0.717, 1.165) is 31.9 Å². The van der Waals surface area contributed by atoms with Gasteiger partial charge in [0.1, 0.15) is 0 Å². The van der Waals surface area contributed by atoms with E-state index in [2.05, 4.69) is 57.2 Å². The Bertz CT molecular complexity index is 727. The van der Waals surface area contributed by atoms with Gasteiger partial charge in [-0.2, -0.15) is 0 Å². The van der Waals surface area contributed by atoms with Gasteiger partial charge in [-0.1, -0.05) is 12.1 Å². The molecule has 23 heavy (non-hydrogen) atoms. The van der Waals surface area contributed by atoms with Gasteiger partial charge in [-0.25, -0.2) is 4.98 Å². The zero-order valence-electron chi connectivity index (χ0n) is 13.0. The molecule has 0 aliphatic carbocycles. The van der Waals surface area contributed by atoms with Crippen LogP contribution in [0.2, 0.25) is 0 Å². The molecule has 115 valence electrons. The Labute approximate surface area is 136 Å². The summed E-state index contributed by atoms with van der Waals surface area (Å²) in [4.78, 5) is 8.98. The van der Waals surface area contributed by atoms with Crippen molar-refractivity contribution in [2.24, 2.45) is 0 Å². The van der Waals surface area contributed by atoms with Crippen LogP contribution in [0.15, 0.2) is 67.3 Å². The number of piperazine rings is 1. The molecule has 0 spiro atoms. The van der Waals surface area contributed by atoms with E-state index in [-0.39, 0.29) is 0 Å². The zero-order chi connectivity index (χ0) is 15.5. The Morgan fingerprint density at radius 1 is 0.739 bits per heavy atom. The molecule has 0 amide bonds. The molecule has 1 aliphatic heterocycles. The van der Waals surface area contributed by atoms with Crippen molar-refractivity contribution in [1.29, 1.82) is 0 Å². The van der Waals surface area contributed by atoms with Crippen molar-refractivity contribution >= 4 is 11.4 Å². The van der Waals surface area contributed by atoms with E-state index >= 15 is 0 Å².